The fraction of sp³-hybridized carbons (Fsp3) is 0.158. The van der Waals surface area contributed by atoms with Gasteiger partial charge in [0.1, 0.15) is 11.6 Å². The van der Waals surface area contributed by atoms with Crippen LogP contribution in [0.4, 0.5) is 15.8 Å². The van der Waals surface area contributed by atoms with E-state index in [0.717, 1.165) is 5.56 Å². The maximum Gasteiger partial charge on any atom is 0.265 e. The summed E-state index contributed by atoms with van der Waals surface area (Å²) in [4.78, 5) is 25.5. The van der Waals surface area contributed by atoms with E-state index in [1.165, 1.54) is 18.2 Å². The molecule has 0 aromatic heterocycles. The Labute approximate surface area is 144 Å². The van der Waals surface area contributed by atoms with E-state index in [1.54, 1.807) is 41.3 Å². The molecule has 0 aliphatic carbocycles. The lowest BCUT2D eigenvalue weighted by molar-refractivity contribution is -0.121. The number of carbonyl (C=O) groups is 2. The Balaban J connectivity index is 1.72. The van der Waals surface area contributed by atoms with Crippen LogP contribution in [-0.4, -0.2) is 25.0 Å². The van der Waals surface area contributed by atoms with Crippen molar-refractivity contribution in [1.29, 1.82) is 0 Å². The van der Waals surface area contributed by atoms with Crippen molar-refractivity contribution in [3.8, 4) is 5.75 Å². The van der Waals surface area contributed by atoms with Crippen molar-refractivity contribution in [2.45, 2.75) is 6.92 Å². The predicted octanol–water partition coefficient (Wildman–Crippen LogP) is 3.22. The summed E-state index contributed by atoms with van der Waals surface area (Å²) in [6.07, 6.45) is 2.96. The van der Waals surface area contributed by atoms with Gasteiger partial charge in [0.2, 0.25) is 5.91 Å². The molecule has 128 valence electrons. The van der Waals surface area contributed by atoms with Crippen molar-refractivity contribution in [1.82, 2.24) is 0 Å². The van der Waals surface area contributed by atoms with Gasteiger partial charge in [0.05, 0.1) is 5.69 Å². The number of nitrogens with one attached hydrogen (secondary N) is 1. The molecule has 0 unspecified atom stereocenters. The largest absolute Gasteiger partial charge is 0.482 e. The molecule has 1 aliphatic rings. The molecule has 5 nitrogen and oxygen atoms in total. The van der Waals surface area contributed by atoms with E-state index in [-0.39, 0.29) is 24.2 Å². The Morgan fingerprint density at radius 1 is 1.28 bits per heavy atom. The Bertz CT molecular complexity index is 831. The maximum atomic E-state index is 12.9. The number of halogens is 1. The van der Waals surface area contributed by atoms with Crippen LogP contribution in [0.2, 0.25) is 0 Å². The van der Waals surface area contributed by atoms with Gasteiger partial charge in [-0.05, 0) is 48.9 Å². The molecule has 0 saturated heterocycles. The van der Waals surface area contributed by atoms with Gasteiger partial charge in [0, 0.05) is 18.3 Å². The lowest BCUT2D eigenvalue weighted by Gasteiger charge is -2.28. The molecule has 25 heavy (non-hydrogen) atoms. The first-order valence-corrected chi connectivity index (χ1v) is 7.88. The zero-order valence-corrected chi connectivity index (χ0v) is 13.7. The molecule has 1 N–H and O–H groups in total. The molecule has 0 bridgehead atoms. The summed E-state index contributed by atoms with van der Waals surface area (Å²) in [5, 5.41) is 2.74. The predicted molar refractivity (Wildman–Crippen MR) is 94.0 cm³/mol. The van der Waals surface area contributed by atoms with Gasteiger partial charge >= 0.3 is 0 Å². The zero-order chi connectivity index (χ0) is 17.8. The molecule has 1 aliphatic heterocycles. The molecule has 0 spiro atoms. The third-order valence-corrected chi connectivity index (χ3v) is 3.78. The zero-order valence-electron chi connectivity index (χ0n) is 13.7. The number of hydrogen-bond donors (Lipinski definition) is 1. The number of fused-ring (bicyclic) bond motifs is 1. The van der Waals surface area contributed by atoms with Gasteiger partial charge in [-0.2, -0.15) is 0 Å². The summed E-state index contributed by atoms with van der Waals surface area (Å²) in [7, 11) is 0. The number of hydrogen-bond acceptors (Lipinski definition) is 3. The highest BCUT2D eigenvalue weighted by Gasteiger charge is 2.24. The van der Waals surface area contributed by atoms with Crippen molar-refractivity contribution in [2.75, 3.05) is 23.4 Å². The van der Waals surface area contributed by atoms with E-state index in [4.69, 9.17) is 4.74 Å². The summed E-state index contributed by atoms with van der Waals surface area (Å²) in [5.74, 6) is -0.153. The molecule has 2 aromatic carbocycles. The van der Waals surface area contributed by atoms with E-state index in [9.17, 15) is 14.0 Å². The Hall–Kier alpha value is -3.15. The number of nitrogens with zero attached hydrogens (tertiary/aromatic N) is 1. The van der Waals surface area contributed by atoms with Crippen LogP contribution in [0.15, 0.2) is 48.5 Å². The van der Waals surface area contributed by atoms with Crippen LogP contribution in [-0.2, 0) is 9.59 Å². The quantitative estimate of drug-likeness (QED) is 0.870. The molecule has 0 radical (unpaired) electrons. The van der Waals surface area contributed by atoms with Crippen LogP contribution in [0, 0.1) is 5.82 Å². The minimum absolute atomic E-state index is 0.0208. The molecule has 0 atom stereocenters. The van der Waals surface area contributed by atoms with Gasteiger partial charge in [0.15, 0.2) is 6.61 Å². The monoisotopic (exact) mass is 340 g/mol. The summed E-state index contributed by atoms with van der Waals surface area (Å²) >= 11 is 0. The molecule has 0 fully saturated rings. The summed E-state index contributed by atoms with van der Waals surface area (Å²) in [6.45, 7) is 2.42. The maximum absolute atomic E-state index is 12.9. The third-order valence-electron chi connectivity index (χ3n) is 3.78. The molecular weight excluding hydrogens is 323 g/mol. The average Bonchev–Trinajstić information content (AvgIpc) is 2.61. The van der Waals surface area contributed by atoms with Gasteiger partial charge in [-0.1, -0.05) is 12.1 Å². The molecule has 2 amide bonds. The second-order valence-corrected chi connectivity index (χ2v) is 5.48. The first-order chi connectivity index (χ1) is 12.1. The van der Waals surface area contributed by atoms with Crippen molar-refractivity contribution >= 4 is 29.3 Å². The van der Waals surface area contributed by atoms with Gasteiger partial charge in [-0.25, -0.2) is 4.39 Å². The fourth-order valence-corrected chi connectivity index (χ4v) is 2.56. The molecule has 2 aromatic rings. The number of rotatable bonds is 4. The second kappa shape index (κ2) is 7.17. The van der Waals surface area contributed by atoms with Crippen LogP contribution in [0.25, 0.3) is 6.08 Å². The smallest absolute Gasteiger partial charge is 0.265 e. The lowest BCUT2D eigenvalue weighted by atomic mass is 10.2. The minimum Gasteiger partial charge on any atom is -0.482 e. The average molecular weight is 340 g/mol. The number of likely N-dealkylation sites (N-methyl/N-ethyl adjacent to an activating group) is 1. The normalized spacial score (nSPS) is 13.5. The van der Waals surface area contributed by atoms with Crippen LogP contribution in [0.1, 0.15) is 12.5 Å². The minimum atomic E-state index is -0.326. The van der Waals surface area contributed by atoms with E-state index in [1.807, 2.05) is 6.92 Å². The first-order valence-electron chi connectivity index (χ1n) is 7.88. The molecule has 3 rings (SSSR count). The standard InChI is InChI=1S/C19H17FN2O3/c1-2-22-16-11-15(8-9-17(16)25-12-19(22)24)21-18(23)10-5-13-3-6-14(20)7-4-13/h3-11H,2,12H2,1H3,(H,21,23)/b10-5+. The molecular formula is C19H17FN2O3. The van der Waals surface area contributed by atoms with E-state index >= 15 is 0 Å². The lowest BCUT2D eigenvalue weighted by Crippen LogP contribution is -2.38. The van der Waals surface area contributed by atoms with Gasteiger partial charge < -0.3 is 15.0 Å². The Kier molecular flexibility index (Phi) is 4.79. The van der Waals surface area contributed by atoms with Crippen LogP contribution in [0.5, 0.6) is 5.75 Å². The van der Waals surface area contributed by atoms with Gasteiger partial charge in [-0.3, -0.25) is 9.59 Å². The number of anilines is 2. The number of ether oxygens (including phenoxy) is 1. The highest BCUT2D eigenvalue weighted by atomic mass is 19.1. The van der Waals surface area contributed by atoms with E-state index in [0.29, 0.717) is 23.7 Å². The van der Waals surface area contributed by atoms with Crippen LogP contribution < -0.4 is 15.0 Å². The number of carbonyl (C=O) groups excluding carboxylic acids is 2. The SMILES string of the molecule is CCN1C(=O)COc2ccc(NC(=O)/C=C/c3ccc(F)cc3)cc21. The van der Waals surface area contributed by atoms with Crippen LogP contribution in [0.3, 0.4) is 0 Å². The second-order valence-electron chi connectivity index (χ2n) is 5.48. The summed E-state index contributed by atoms with van der Waals surface area (Å²) in [6, 6.07) is 11.0. The van der Waals surface area contributed by atoms with Crippen LogP contribution >= 0.6 is 0 Å². The molecule has 6 heteroatoms. The number of benzene rings is 2. The highest BCUT2D eigenvalue weighted by molar-refractivity contribution is 6.03. The van der Waals surface area contributed by atoms with Crippen molar-refractivity contribution in [2.24, 2.45) is 0 Å². The molecule has 0 saturated carbocycles. The summed E-state index contributed by atoms with van der Waals surface area (Å²) in [5.41, 5.74) is 1.92. The first kappa shape index (κ1) is 16.7. The number of amides is 2. The topological polar surface area (TPSA) is 58.6 Å². The Morgan fingerprint density at radius 3 is 2.76 bits per heavy atom. The highest BCUT2D eigenvalue weighted by Crippen LogP contribution is 2.34. The van der Waals surface area contributed by atoms with Gasteiger partial charge in [-0.15, -0.1) is 0 Å². The van der Waals surface area contributed by atoms with Crippen molar-refractivity contribution in [3.05, 3.63) is 59.9 Å². The van der Waals surface area contributed by atoms with E-state index in [2.05, 4.69) is 5.32 Å². The Morgan fingerprint density at radius 2 is 2.04 bits per heavy atom. The fourth-order valence-electron chi connectivity index (χ4n) is 2.56. The summed E-state index contributed by atoms with van der Waals surface area (Å²) < 4.78 is 18.3. The van der Waals surface area contributed by atoms with Gasteiger partial charge in [0.25, 0.3) is 5.91 Å². The van der Waals surface area contributed by atoms with Crippen molar-refractivity contribution < 1.29 is 18.7 Å². The third kappa shape index (κ3) is 3.85. The molecule has 1 heterocycles. The van der Waals surface area contributed by atoms with E-state index < -0.39 is 0 Å². The van der Waals surface area contributed by atoms with Crippen molar-refractivity contribution in [3.63, 3.8) is 0 Å².